The number of hydrogen-bond acceptors (Lipinski definition) is 6. The zero-order valence-corrected chi connectivity index (χ0v) is 15.5. The van der Waals surface area contributed by atoms with Gasteiger partial charge in [-0.15, -0.1) is 11.3 Å². The molecule has 0 radical (unpaired) electrons. The van der Waals surface area contributed by atoms with Gasteiger partial charge in [-0.3, -0.25) is 9.36 Å². The molecule has 2 heterocycles. The lowest BCUT2D eigenvalue weighted by molar-refractivity contribution is -0.121. The molecule has 26 heavy (non-hydrogen) atoms. The van der Waals surface area contributed by atoms with Gasteiger partial charge in [-0.05, 0) is 31.3 Å². The molecule has 0 aliphatic rings. The van der Waals surface area contributed by atoms with Gasteiger partial charge in [-0.25, -0.2) is 17.9 Å². The molecule has 0 saturated heterocycles. The van der Waals surface area contributed by atoms with Crippen LogP contribution in [-0.4, -0.2) is 25.9 Å². The van der Waals surface area contributed by atoms with Crippen molar-refractivity contribution >= 4 is 38.4 Å². The SMILES string of the molecule is CNS(=O)(=O)c1ccc(CNC(=O)CCn2c(=O)oc3ccccc32)s1. The summed E-state index contributed by atoms with van der Waals surface area (Å²) >= 11 is 1.09. The smallest absolute Gasteiger partial charge is 0.408 e. The minimum atomic E-state index is -3.47. The van der Waals surface area contributed by atoms with Crippen molar-refractivity contribution < 1.29 is 17.6 Å². The van der Waals surface area contributed by atoms with Gasteiger partial charge in [0.15, 0.2) is 5.58 Å². The molecule has 2 N–H and O–H groups in total. The summed E-state index contributed by atoms with van der Waals surface area (Å²) < 4.78 is 32.4. The van der Waals surface area contributed by atoms with Gasteiger partial charge in [-0.1, -0.05) is 12.1 Å². The predicted molar refractivity (Wildman–Crippen MR) is 97.5 cm³/mol. The number of hydrogen-bond donors (Lipinski definition) is 2. The molecule has 0 saturated carbocycles. The monoisotopic (exact) mass is 395 g/mol. The van der Waals surface area contributed by atoms with Crippen molar-refractivity contribution in [3.8, 4) is 0 Å². The molecule has 1 amide bonds. The molecule has 0 aliphatic heterocycles. The van der Waals surface area contributed by atoms with Gasteiger partial charge in [0.2, 0.25) is 15.9 Å². The number of nitrogens with zero attached hydrogens (tertiary/aromatic N) is 1. The van der Waals surface area contributed by atoms with Crippen molar-refractivity contribution in [2.45, 2.75) is 23.7 Å². The maximum Gasteiger partial charge on any atom is 0.419 e. The number of benzene rings is 1. The van der Waals surface area contributed by atoms with Gasteiger partial charge >= 0.3 is 5.76 Å². The first-order chi connectivity index (χ1) is 12.4. The predicted octanol–water partition coefficient (Wildman–Crippen LogP) is 1.27. The Balaban J connectivity index is 1.58. The summed E-state index contributed by atoms with van der Waals surface area (Å²) in [4.78, 5) is 24.6. The first kappa shape index (κ1) is 18.4. The van der Waals surface area contributed by atoms with Crippen LogP contribution in [0.1, 0.15) is 11.3 Å². The highest BCUT2D eigenvalue weighted by Gasteiger charge is 2.15. The minimum Gasteiger partial charge on any atom is -0.408 e. The van der Waals surface area contributed by atoms with E-state index in [1.54, 1.807) is 30.3 Å². The fourth-order valence-corrected chi connectivity index (χ4v) is 4.54. The third-order valence-electron chi connectivity index (χ3n) is 3.77. The van der Waals surface area contributed by atoms with Gasteiger partial charge < -0.3 is 9.73 Å². The lowest BCUT2D eigenvalue weighted by atomic mass is 10.3. The Morgan fingerprint density at radius 2 is 2.00 bits per heavy atom. The third kappa shape index (κ3) is 3.87. The fourth-order valence-electron chi connectivity index (χ4n) is 2.41. The number of rotatable bonds is 7. The van der Waals surface area contributed by atoms with Gasteiger partial charge in [0.1, 0.15) is 4.21 Å². The van der Waals surface area contributed by atoms with E-state index in [9.17, 15) is 18.0 Å². The molecule has 0 fully saturated rings. The lowest BCUT2D eigenvalue weighted by Crippen LogP contribution is -2.25. The standard InChI is InChI=1S/C16H17N3O5S2/c1-17-26(22,23)15-7-6-11(25-15)10-18-14(20)8-9-19-12-4-2-3-5-13(12)24-16(19)21/h2-7,17H,8-10H2,1H3,(H,18,20). The highest BCUT2D eigenvalue weighted by molar-refractivity contribution is 7.91. The van der Waals surface area contributed by atoms with E-state index in [1.165, 1.54) is 17.7 Å². The molecule has 0 bridgehead atoms. The molecule has 1 aromatic carbocycles. The second kappa shape index (κ2) is 7.44. The van der Waals surface area contributed by atoms with E-state index < -0.39 is 15.8 Å². The summed E-state index contributed by atoms with van der Waals surface area (Å²) in [5.74, 6) is -0.743. The molecule has 3 aromatic rings. The van der Waals surface area contributed by atoms with Crippen LogP contribution in [-0.2, 0) is 27.9 Å². The van der Waals surface area contributed by atoms with Crippen LogP contribution in [0.15, 0.2) is 49.8 Å². The fraction of sp³-hybridized carbons (Fsp3) is 0.250. The van der Waals surface area contributed by atoms with Crippen LogP contribution < -0.4 is 15.8 Å². The summed E-state index contributed by atoms with van der Waals surface area (Å²) in [7, 11) is -2.13. The lowest BCUT2D eigenvalue weighted by Gasteiger charge is -2.04. The average Bonchev–Trinajstić information content (AvgIpc) is 3.22. The van der Waals surface area contributed by atoms with Crippen LogP contribution in [0.25, 0.3) is 11.1 Å². The Bertz CT molecular complexity index is 1090. The van der Waals surface area contributed by atoms with Gasteiger partial charge in [-0.2, -0.15) is 0 Å². The number of aryl methyl sites for hydroxylation is 1. The topological polar surface area (TPSA) is 110 Å². The molecular formula is C16H17N3O5S2. The summed E-state index contributed by atoms with van der Waals surface area (Å²) in [6, 6.07) is 10.2. The summed E-state index contributed by atoms with van der Waals surface area (Å²) in [5, 5.41) is 2.72. The number of amides is 1. The van der Waals surface area contributed by atoms with Crippen LogP contribution in [0, 0.1) is 0 Å². The Hall–Kier alpha value is -2.43. The molecule has 0 atom stereocenters. The van der Waals surface area contributed by atoms with Crippen LogP contribution in [0.3, 0.4) is 0 Å². The number of para-hydroxylation sites is 2. The number of nitrogens with one attached hydrogen (secondary N) is 2. The molecular weight excluding hydrogens is 378 g/mol. The van der Waals surface area contributed by atoms with Crippen molar-refractivity contribution in [2.75, 3.05) is 7.05 Å². The van der Waals surface area contributed by atoms with E-state index >= 15 is 0 Å². The zero-order valence-electron chi connectivity index (χ0n) is 13.9. The molecule has 8 nitrogen and oxygen atoms in total. The molecule has 0 aliphatic carbocycles. The molecule has 10 heteroatoms. The molecule has 0 unspecified atom stereocenters. The van der Waals surface area contributed by atoms with Crippen LogP contribution in [0.5, 0.6) is 0 Å². The number of carbonyl (C=O) groups is 1. The highest BCUT2D eigenvalue weighted by Crippen LogP contribution is 2.21. The maximum atomic E-state index is 12.0. The average molecular weight is 395 g/mol. The highest BCUT2D eigenvalue weighted by atomic mass is 32.2. The Morgan fingerprint density at radius 3 is 2.77 bits per heavy atom. The summed E-state index contributed by atoms with van der Waals surface area (Å²) in [5.41, 5.74) is 1.13. The third-order valence-corrected chi connectivity index (χ3v) is 6.76. The number of oxazole rings is 1. The molecule has 0 spiro atoms. The van der Waals surface area contributed by atoms with Crippen LogP contribution in [0.2, 0.25) is 0 Å². The Morgan fingerprint density at radius 1 is 1.23 bits per heavy atom. The molecule has 3 rings (SSSR count). The van der Waals surface area contributed by atoms with Crippen molar-refractivity contribution in [2.24, 2.45) is 0 Å². The van der Waals surface area contributed by atoms with E-state index in [0.29, 0.717) is 11.1 Å². The van der Waals surface area contributed by atoms with Crippen LogP contribution in [0.4, 0.5) is 0 Å². The van der Waals surface area contributed by atoms with Crippen molar-refractivity contribution in [3.63, 3.8) is 0 Å². The number of fused-ring (bicyclic) bond motifs is 1. The number of thiophene rings is 1. The van der Waals surface area contributed by atoms with Gasteiger partial charge in [0.05, 0.1) is 12.1 Å². The first-order valence-electron chi connectivity index (χ1n) is 7.78. The van der Waals surface area contributed by atoms with Crippen molar-refractivity contribution in [3.05, 3.63) is 51.8 Å². The molecule has 138 valence electrons. The van der Waals surface area contributed by atoms with Crippen LogP contribution >= 0.6 is 11.3 Å². The number of aromatic nitrogens is 1. The Kier molecular flexibility index (Phi) is 5.25. The largest absolute Gasteiger partial charge is 0.419 e. The van der Waals surface area contributed by atoms with E-state index in [1.807, 2.05) is 0 Å². The van der Waals surface area contributed by atoms with Crippen molar-refractivity contribution in [1.82, 2.24) is 14.6 Å². The van der Waals surface area contributed by atoms with E-state index in [0.717, 1.165) is 16.2 Å². The quantitative estimate of drug-likeness (QED) is 0.626. The van der Waals surface area contributed by atoms with E-state index in [4.69, 9.17) is 4.42 Å². The molecule has 2 aromatic heterocycles. The maximum absolute atomic E-state index is 12.0. The second-order valence-corrected chi connectivity index (χ2v) is 8.72. The normalized spacial score (nSPS) is 11.7. The minimum absolute atomic E-state index is 0.108. The summed E-state index contributed by atoms with van der Waals surface area (Å²) in [6.07, 6.45) is 0.108. The van der Waals surface area contributed by atoms with E-state index in [-0.39, 0.29) is 29.6 Å². The zero-order chi connectivity index (χ0) is 18.7. The van der Waals surface area contributed by atoms with E-state index in [2.05, 4.69) is 10.0 Å². The first-order valence-corrected chi connectivity index (χ1v) is 10.1. The summed E-state index contributed by atoms with van der Waals surface area (Å²) in [6.45, 7) is 0.426. The van der Waals surface area contributed by atoms with Gasteiger partial charge in [0.25, 0.3) is 0 Å². The van der Waals surface area contributed by atoms with Crippen molar-refractivity contribution in [1.29, 1.82) is 0 Å². The second-order valence-electron chi connectivity index (χ2n) is 5.44. The number of sulfonamides is 1. The Labute approximate surface area is 153 Å². The number of carbonyl (C=O) groups excluding carboxylic acids is 1. The van der Waals surface area contributed by atoms with Gasteiger partial charge in [0, 0.05) is 17.8 Å².